The van der Waals surface area contributed by atoms with Gasteiger partial charge in [0.25, 0.3) is 5.91 Å². The minimum atomic E-state index is -0.872. The molecule has 0 saturated heterocycles. The fourth-order valence-corrected chi connectivity index (χ4v) is 2.48. The van der Waals surface area contributed by atoms with Gasteiger partial charge in [-0.15, -0.1) is 11.3 Å². The molecular formula is C12H20N2O2S. The molecular weight excluding hydrogens is 236 g/mol. The molecule has 1 amide bonds. The molecule has 17 heavy (non-hydrogen) atoms. The van der Waals surface area contributed by atoms with Gasteiger partial charge in [-0.05, 0) is 27.2 Å². The Kier molecular flexibility index (Phi) is 4.65. The smallest absolute Gasteiger partial charge is 0.265 e. The van der Waals surface area contributed by atoms with Crippen molar-refractivity contribution in [2.75, 3.05) is 13.1 Å². The van der Waals surface area contributed by atoms with E-state index in [4.69, 9.17) is 0 Å². The molecule has 1 rings (SSSR count). The highest BCUT2D eigenvalue weighted by atomic mass is 32.1. The second kappa shape index (κ2) is 5.60. The van der Waals surface area contributed by atoms with Gasteiger partial charge in [-0.1, -0.05) is 6.92 Å². The first-order valence-electron chi connectivity index (χ1n) is 5.83. The maximum absolute atomic E-state index is 12.3. The molecule has 0 saturated carbocycles. The molecule has 0 fully saturated rings. The van der Waals surface area contributed by atoms with Crippen LogP contribution in [0.25, 0.3) is 0 Å². The lowest BCUT2D eigenvalue weighted by Crippen LogP contribution is -2.42. The highest BCUT2D eigenvalue weighted by Crippen LogP contribution is 2.18. The van der Waals surface area contributed by atoms with E-state index in [1.165, 1.54) is 11.3 Å². The van der Waals surface area contributed by atoms with Crippen LogP contribution in [-0.2, 0) is 6.42 Å². The van der Waals surface area contributed by atoms with Gasteiger partial charge in [-0.25, -0.2) is 4.98 Å². The number of aliphatic hydroxyl groups is 1. The summed E-state index contributed by atoms with van der Waals surface area (Å²) in [5, 5.41) is 9.79. The van der Waals surface area contributed by atoms with Crippen LogP contribution in [0.2, 0.25) is 0 Å². The van der Waals surface area contributed by atoms with Gasteiger partial charge in [0.2, 0.25) is 0 Å². The van der Waals surface area contributed by atoms with E-state index >= 15 is 0 Å². The van der Waals surface area contributed by atoms with Gasteiger partial charge in [-0.2, -0.15) is 0 Å². The van der Waals surface area contributed by atoms with Crippen molar-refractivity contribution in [1.29, 1.82) is 0 Å². The summed E-state index contributed by atoms with van der Waals surface area (Å²) in [6.07, 6.45) is 0.755. The summed E-state index contributed by atoms with van der Waals surface area (Å²) in [5.41, 5.74) is 1.67. The molecule has 1 aromatic heterocycles. The highest BCUT2D eigenvalue weighted by Gasteiger charge is 2.24. The van der Waals surface area contributed by atoms with Crippen molar-refractivity contribution in [3.05, 3.63) is 16.1 Å². The molecule has 1 heterocycles. The van der Waals surface area contributed by atoms with E-state index in [1.807, 2.05) is 13.8 Å². The van der Waals surface area contributed by atoms with Crippen LogP contribution in [0.5, 0.6) is 0 Å². The maximum Gasteiger partial charge on any atom is 0.265 e. The number of likely N-dealkylation sites (N-methyl/N-ethyl adjacent to an activating group) is 1. The van der Waals surface area contributed by atoms with Crippen molar-refractivity contribution in [2.45, 2.75) is 39.7 Å². The standard InChI is InChI=1S/C12H20N2O2S/c1-5-9-10(17-8-13-9)11(15)14(6-2)7-12(3,4)16/h8,16H,5-7H2,1-4H3. The Morgan fingerprint density at radius 2 is 2.18 bits per heavy atom. The Morgan fingerprint density at radius 1 is 1.53 bits per heavy atom. The Morgan fingerprint density at radius 3 is 2.65 bits per heavy atom. The topological polar surface area (TPSA) is 53.4 Å². The monoisotopic (exact) mass is 256 g/mol. The van der Waals surface area contributed by atoms with Crippen molar-refractivity contribution in [3.63, 3.8) is 0 Å². The van der Waals surface area contributed by atoms with E-state index in [0.717, 1.165) is 12.1 Å². The number of carbonyl (C=O) groups is 1. The first-order valence-corrected chi connectivity index (χ1v) is 6.71. The fourth-order valence-electron chi connectivity index (χ4n) is 1.63. The van der Waals surface area contributed by atoms with Crippen LogP contribution in [0.1, 0.15) is 43.1 Å². The third-order valence-electron chi connectivity index (χ3n) is 2.42. The summed E-state index contributed by atoms with van der Waals surface area (Å²) in [4.78, 5) is 18.8. The van der Waals surface area contributed by atoms with E-state index in [2.05, 4.69) is 4.98 Å². The predicted octanol–water partition coefficient (Wildman–Crippen LogP) is 1.94. The van der Waals surface area contributed by atoms with Gasteiger partial charge in [0, 0.05) is 13.1 Å². The normalized spacial score (nSPS) is 11.6. The molecule has 0 aromatic carbocycles. The molecule has 5 heteroatoms. The molecule has 0 atom stereocenters. The van der Waals surface area contributed by atoms with Crippen molar-refractivity contribution in [2.24, 2.45) is 0 Å². The Bertz CT molecular complexity index is 382. The van der Waals surface area contributed by atoms with Gasteiger partial charge < -0.3 is 10.0 Å². The van der Waals surface area contributed by atoms with Crippen LogP contribution in [0.4, 0.5) is 0 Å². The highest BCUT2D eigenvalue weighted by molar-refractivity contribution is 7.11. The van der Waals surface area contributed by atoms with Crippen molar-refractivity contribution < 1.29 is 9.90 Å². The van der Waals surface area contributed by atoms with Crippen LogP contribution >= 0.6 is 11.3 Å². The number of hydrogen-bond donors (Lipinski definition) is 1. The minimum Gasteiger partial charge on any atom is -0.389 e. The third-order valence-corrected chi connectivity index (χ3v) is 3.27. The van der Waals surface area contributed by atoms with Gasteiger partial charge >= 0.3 is 0 Å². The Balaban J connectivity index is 2.87. The van der Waals surface area contributed by atoms with Gasteiger partial charge in [0.15, 0.2) is 0 Å². The molecule has 0 aliphatic rings. The second-order valence-electron chi connectivity index (χ2n) is 4.61. The zero-order valence-corrected chi connectivity index (χ0v) is 11.7. The Labute approximate surface area is 106 Å². The van der Waals surface area contributed by atoms with Crippen LogP contribution in [0, 0.1) is 0 Å². The molecule has 0 unspecified atom stereocenters. The molecule has 0 aliphatic heterocycles. The molecule has 96 valence electrons. The number of thiazole rings is 1. The molecule has 0 radical (unpaired) electrons. The van der Waals surface area contributed by atoms with E-state index < -0.39 is 5.60 Å². The molecule has 0 spiro atoms. The minimum absolute atomic E-state index is 0.0334. The average molecular weight is 256 g/mol. The summed E-state index contributed by atoms with van der Waals surface area (Å²) in [5.74, 6) is -0.0334. The summed E-state index contributed by atoms with van der Waals surface area (Å²) in [6.45, 7) is 8.23. The molecule has 0 bridgehead atoms. The predicted molar refractivity (Wildman–Crippen MR) is 69.4 cm³/mol. The van der Waals surface area contributed by atoms with Gasteiger partial charge in [-0.3, -0.25) is 4.79 Å². The number of aromatic nitrogens is 1. The van der Waals surface area contributed by atoms with Gasteiger partial charge in [0.05, 0.1) is 16.8 Å². The lowest BCUT2D eigenvalue weighted by atomic mass is 10.1. The zero-order chi connectivity index (χ0) is 13.1. The lowest BCUT2D eigenvalue weighted by Gasteiger charge is -2.27. The van der Waals surface area contributed by atoms with Crippen molar-refractivity contribution in [1.82, 2.24) is 9.88 Å². The van der Waals surface area contributed by atoms with E-state index in [-0.39, 0.29) is 5.91 Å². The first-order chi connectivity index (χ1) is 7.89. The number of hydrogen-bond acceptors (Lipinski definition) is 4. The number of nitrogens with zero attached hydrogens (tertiary/aromatic N) is 2. The summed E-state index contributed by atoms with van der Waals surface area (Å²) in [6, 6.07) is 0. The van der Waals surface area contributed by atoms with E-state index in [9.17, 15) is 9.90 Å². The fraction of sp³-hybridized carbons (Fsp3) is 0.667. The summed E-state index contributed by atoms with van der Waals surface area (Å²) < 4.78 is 0. The second-order valence-corrected chi connectivity index (χ2v) is 5.47. The largest absolute Gasteiger partial charge is 0.389 e. The zero-order valence-electron chi connectivity index (χ0n) is 10.9. The molecule has 1 aromatic rings. The van der Waals surface area contributed by atoms with Crippen LogP contribution in [0.3, 0.4) is 0 Å². The number of rotatable bonds is 5. The maximum atomic E-state index is 12.3. The van der Waals surface area contributed by atoms with Crippen LogP contribution in [-0.4, -0.2) is 39.6 Å². The molecule has 1 N–H and O–H groups in total. The first kappa shape index (κ1) is 14.1. The van der Waals surface area contributed by atoms with E-state index in [1.54, 1.807) is 24.3 Å². The molecule has 4 nitrogen and oxygen atoms in total. The average Bonchev–Trinajstić information content (AvgIpc) is 2.71. The van der Waals surface area contributed by atoms with Crippen LogP contribution in [0.15, 0.2) is 5.51 Å². The number of aryl methyl sites for hydroxylation is 1. The molecule has 0 aliphatic carbocycles. The number of carbonyl (C=O) groups excluding carboxylic acids is 1. The van der Waals surface area contributed by atoms with Gasteiger partial charge in [0.1, 0.15) is 4.88 Å². The number of amides is 1. The third kappa shape index (κ3) is 3.78. The quantitative estimate of drug-likeness (QED) is 0.876. The summed E-state index contributed by atoms with van der Waals surface area (Å²) >= 11 is 1.37. The Hall–Kier alpha value is -0.940. The van der Waals surface area contributed by atoms with Crippen molar-refractivity contribution >= 4 is 17.2 Å². The van der Waals surface area contributed by atoms with Crippen molar-refractivity contribution in [3.8, 4) is 0 Å². The SMILES string of the molecule is CCc1ncsc1C(=O)N(CC)CC(C)(C)O. The van der Waals surface area contributed by atoms with Crippen LogP contribution < -0.4 is 0 Å². The van der Waals surface area contributed by atoms with E-state index in [0.29, 0.717) is 18.0 Å². The summed E-state index contributed by atoms with van der Waals surface area (Å²) in [7, 11) is 0. The lowest BCUT2D eigenvalue weighted by molar-refractivity contribution is 0.0316.